The number of hydrogen-bond donors (Lipinski definition) is 2. The third-order valence-electron chi connectivity index (χ3n) is 6.80. The number of nitrogen functional groups attached to an aromatic ring is 1. The summed E-state index contributed by atoms with van der Waals surface area (Å²) >= 11 is 0. The largest absolute Gasteiger partial charge is 0.493 e. The second-order valence-electron chi connectivity index (χ2n) is 10.3. The van der Waals surface area contributed by atoms with Gasteiger partial charge in [0.2, 0.25) is 0 Å². The topological polar surface area (TPSA) is 128 Å². The Morgan fingerprint density at radius 2 is 2.03 bits per heavy atom. The normalized spacial score (nSPS) is 18.7. The number of rotatable bonds is 8. The summed E-state index contributed by atoms with van der Waals surface area (Å²) in [6.07, 6.45) is 3.07. The highest BCUT2D eigenvalue weighted by molar-refractivity contribution is 7.90. The average molecular weight is 546 g/mol. The van der Waals surface area contributed by atoms with E-state index in [0.29, 0.717) is 35.3 Å². The van der Waals surface area contributed by atoms with Gasteiger partial charge in [-0.25, -0.2) is 19.1 Å². The number of benzene rings is 1. The standard InChI is InChI=1S/C27H30FN5O4S.3H2/c1-16(2)15-37-21-12-18(11-19(28)13-21)23-9-8-22(26(30-23)33-14-17-6-7-20(33)10-17)27(34)32-38(35,36)25-5-3-4-24(29)31-25;;;/h3-5,8-9,11-13,16-17,20H,6-7,10,14-15H2,1-2H3,(H2,29,31)(H,32,34);3*1H. The minimum Gasteiger partial charge on any atom is -0.493 e. The smallest absolute Gasteiger partial charge is 0.281 e. The van der Waals surface area contributed by atoms with Crippen LogP contribution in [0, 0.1) is 17.7 Å². The summed E-state index contributed by atoms with van der Waals surface area (Å²) in [6, 6.07) is 11.9. The quantitative estimate of drug-likeness (QED) is 0.415. The predicted molar refractivity (Wildman–Crippen MR) is 148 cm³/mol. The zero-order valence-electron chi connectivity index (χ0n) is 21.2. The molecule has 1 saturated carbocycles. The van der Waals surface area contributed by atoms with E-state index in [1.54, 1.807) is 12.1 Å². The molecule has 1 saturated heterocycles. The van der Waals surface area contributed by atoms with Crippen LogP contribution in [-0.4, -0.2) is 43.5 Å². The van der Waals surface area contributed by atoms with E-state index in [1.807, 2.05) is 13.8 Å². The van der Waals surface area contributed by atoms with Crippen LogP contribution in [0.15, 0.2) is 53.6 Å². The Balaban J connectivity index is 0.00000196. The Labute approximate surface area is 225 Å². The van der Waals surface area contributed by atoms with Gasteiger partial charge in [0.15, 0.2) is 5.03 Å². The van der Waals surface area contributed by atoms with Gasteiger partial charge in [0.25, 0.3) is 15.9 Å². The summed E-state index contributed by atoms with van der Waals surface area (Å²) in [4.78, 5) is 24.0. The van der Waals surface area contributed by atoms with Gasteiger partial charge in [0.05, 0.1) is 17.9 Å². The third kappa shape index (κ3) is 5.42. The van der Waals surface area contributed by atoms with Gasteiger partial charge in [-0.05, 0) is 67.5 Å². The Hall–Kier alpha value is -3.73. The first kappa shape index (κ1) is 25.9. The highest BCUT2D eigenvalue weighted by Crippen LogP contribution is 2.41. The Kier molecular flexibility index (Phi) is 6.95. The Morgan fingerprint density at radius 3 is 2.71 bits per heavy atom. The van der Waals surface area contributed by atoms with Crippen molar-refractivity contribution in [3.63, 3.8) is 0 Å². The molecule has 5 rings (SSSR count). The number of anilines is 2. The number of hydrogen-bond acceptors (Lipinski definition) is 8. The maximum atomic E-state index is 14.5. The number of piperidine rings is 1. The van der Waals surface area contributed by atoms with Crippen molar-refractivity contribution in [3.8, 4) is 17.0 Å². The lowest BCUT2D eigenvalue weighted by atomic mass is 10.1. The summed E-state index contributed by atoms with van der Waals surface area (Å²) in [5.41, 5.74) is 6.69. The van der Waals surface area contributed by atoms with Gasteiger partial charge in [-0.15, -0.1) is 0 Å². The summed E-state index contributed by atoms with van der Waals surface area (Å²) in [5.74, 6) is 0.252. The van der Waals surface area contributed by atoms with Crippen LogP contribution >= 0.6 is 0 Å². The lowest BCUT2D eigenvalue weighted by Crippen LogP contribution is -2.37. The van der Waals surface area contributed by atoms with Crippen LogP contribution in [0.4, 0.5) is 16.0 Å². The number of carbonyl (C=O) groups excluding carboxylic acids is 1. The molecule has 3 heterocycles. The lowest BCUT2D eigenvalue weighted by molar-refractivity contribution is 0.0981. The number of carbonyl (C=O) groups is 1. The zero-order chi connectivity index (χ0) is 27.0. The maximum absolute atomic E-state index is 14.5. The maximum Gasteiger partial charge on any atom is 0.281 e. The van der Waals surface area contributed by atoms with Crippen molar-refractivity contribution in [2.45, 2.75) is 44.2 Å². The van der Waals surface area contributed by atoms with E-state index in [4.69, 9.17) is 15.5 Å². The first-order valence-electron chi connectivity index (χ1n) is 12.6. The van der Waals surface area contributed by atoms with Gasteiger partial charge in [-0.3, -0.25) is 4.79 Å². The molecule has 3 aromatic rings. The predicted octanol–water partition coefficient (Wildman–Crippen LogP) is 4.75. The molecule has 2 atom stereocenters. The van der Waals surface area contributed by atoms with E-state index in [1.165, 1.54) is 36.4 Å². The molecule has 11 heteroatoms. The monoisotopic (exact) mass is 545 g/mol. The minimum atomic E-state index is -4.27. The highest BCUT2D eigenvalue weighted by Gasteiger charge is 2.40. The summed E-state index contributed by atoms with van der Waals surface area (Å²) in [7, 11) is -4.27. The van der Waals surface area contributed by atoms with Crippen molar-refractivity contribution in [3.05, 3.63) is 59.9 Å². The van der Waals surface area contributed by atoms with Gasteiger partial charge in [0, 0.05) is 28.5 Å². The molecule has 1 aromatic carbocycles. The molecule has 206 valence electrons. The van der Waals surface area contributed by atoms with Gasteiger partial charge >= 0.3 is 0 Å². The van der Waals surface area contributed by atoms with E-state index in [9.17, 15) is 17.6 Å². The number of halogens is 1. The molecule has 3 N–H and O–H groups in total. The fourth-order valence-corrected chi connectivity index (χ4v) is 6.00. The van der Waals surface area contributed by atoms with Crippen LogP contribution in [0.2, 0.25) is 0 Å². The molecular formula is C27H36FN5O4S. The number of amides is 1. The second kappa shape index (κ2) is 10.2. The summed E-state index contributed by atoms with van der Waals surface area (Å²) < 4.78 is 48.0. The van der Waals surface area contributed by atoms with Crippen LogP contribution in [-0.2, 0) is 10.0 Å². The van der Waals surface area contributed by atoms with Crippen LogP contribution in [0.25, 0.3) is 11.3 Å². The zero-order valence-corrected chi connectivity index (χ0v) is 22.0. The summed E-state index contributed by atoms with van der Waals surface area (Å²) in [5, 5.41) is -0.356. The molecule has 2 bridgehead atoms. The molecule has 2 aromatic heterocycles. The molecule has 1 aliphatic heterocycles. The first-order chi connectivity index (χ1) is 18.1. The van der Waals surface area contributed by atoms with Crippen LogP contribution in [0.1, 0.15) is 47.7 Å². The van der Waals surface area contributed by atoms with Crippen molar-refractivity contribution in [1.29, 1.82) is 0 Å². The second-order valence-corrected chi connectivity index (χ2v) is 11.9. The molecule has 38 heavy (non-hydrogen) atoms. The molecule has 9 nitrogen and oxygen atoms in total. The van der Waals surface area contributed by atoms with Gasteiger partial charge < -0.3 is 15.4 Å². The molecule has 0 radical (unpaired) electrons. The van der Waals surface area contributed by atoms with E-state index >= 15 is 0 Å². The average Bonchev–Trinajstić information content (AvgIpc) is 3.51. The molecule has 0 spiro atoms. The van der Waals surface area contributed by atoms with E-state index in [-0.39, 0.29) is 32.6 Å². The van der Waals surface area contributed by atoms with Crippen molar-refractivity contribution < 1.29 is 26.6 Å². The van der Waals surface area contributed by atoms with Crippen molar-refractivity contribution >= 4 is 27.6 Å². The number of sulfonamides is 1. The van der Waals surface area contributed by atoms with Crippen LogP contribution in [0.5, 0.6) is 5.75 Å². The number of nitrogens with two attached hydrogens (primary N) is 1. The number of nitrogens with one attached hydrogen (secondary N) is 1. The van der Waals surface area contributed by atoms with Crippen LogP contribution in [0.3, 0.4) is 0 Å². The van der Waals surface area contributed by atoms with Gasteiger partial charge in [-0.1, -0.05) is 19.9 Å². The highest BCUT2D eigenvalue weighted by atomic mass is 32.2. The molecular weight excluding hydrogens is 509 g/mol. The van der Waals surface area contributed by atoms with Crippen molar-refractivity contribution in [2.75, 3.05) is 23.8 Å². The van der Waals surface area contributed by atoms with Crippen molar-refractivity contribution in [1.82, 2.24) is 14.7 Å². The Morgan fingerprint density at radius 1 is 1.21 bits per heavy atom. The third-order valence-corrected chi connectivity index (χ3v) is 8.03. The summed E-state index contributed by atoms with van der Waals surface area (Å²) in [6.45, 7) is 5.17. The number of fused-ring (bicyclic) bond motifs is 2. The molecule has 2 unspecified atom stereocenters. The van der Waals surface area contributed by atoms with Gasteiger partial charge in [-0.2, -0.15) is 8.42 Å². The fourth-order valence-electron chi connectivity index (χ4n) is 5.06. The minimum absolute atomic E-state index is 0. The van der Waals surface area contributed by atoms with Crippen molar-refractivity contribution in [2.24, 2.45) is 11.8 Å². The number of nitrogens with zero attached hydrogens (tertiary/aromatic N) is 3. The molecule has 1 amide bonds. The number of ether oxygens (including phenoxy) is 1. The SMILES string of the molecule is CC(C)COc1cc(F)cc(-c2ccc(C(=O)NS(=O)(=O)c3cccc(N)n3)c(N3CC4CCC3C4)n2)c1.[HH].[HH].[HH]. The van der Waals surface area contributed by atoms with Gasteiger partial charge in [0.1, 0.15) is 23.2 Å². The number of pyridine rings is 2. The van der Waals surface area contributed by atoms with E-state index < -0.39 is 21.7 Å². The fraction of sp³-hybridized carbons (Fsp3) is 0.370. The Bertz CT molecular complexity index is 1500. The first-order valence-corrected chi connectivity index (χ1v) is 14.1. The van der Waals surface area contributed by atoms with Crippen LogP contribution < -0.4 is 20.1 Å². The van der Waals surface area contributed by atoms with E-state index in [2.05, 4.69) is 14.6 Å². The number of aromatic nitrogens is 2. The molecule has 2 fully saturated rings. The molecule has 2 aliphatic rings. The molecule has 1 aliphatic carbocycles. The lowest BCUT2D eigenvalue weighted by Gasteiger charge is -2.30. The van der Waals surface area contributed by atoms with E-state index in [0.717, 1.165) is 25.8 Å².